The average molecular weight is 380 g/mol. The van der Waals surface area contributed by atoms with Crippen LogP contribution in [0.3, 0.4) is 0 Å². The van der Waals surface area contributed by atoms with Crippen molar-refractivity contribution >= 4 is 21.4 Å². The van der Waals surface area contributed by atoms with Gasteiger partial charge < -0.3 is 10.5 Å². The first-order chi connectivity index (χ1) is 11.9. The second-order valence-electron chi connectivity index (χ2n) is 6.68. The topological polar surface area (TPSA) is 69.4 Å². The van der Waals surface area contributed by atoms with E-state index in [0.29, 0.717) is 9.92 Å². The highest BCUT2D eigenvalue weighted by Crippen LogP contribution is 2.63. The van der Waals surface area contributed by atoms with E-state index >= 15 is 0 Å². The first kappa shape index (κ1) is 18.4. The smallest absolute Gasteiger partial charge is 0.182 e. The minimum Gasteiger partial charge on any atom is -0.384 e. The van der Waals surface area contributed by atoms with E-state index in [9.17, 15) is 8.42 Å². The van der Waals surface area contributed by atoms with Gasteiger partial charge in [-0.2, -0.15) is 0 Å². The zero-order chi connectivity index (χ0) is 18.2. The van der Waals surface area contributed by atoms with E-state index in [1.54, 1.807) is 25.3 Å². The van der Waals surface area contributed by atoms with Crippen LogP contribution in [0.5, 0.6) is 0 Å². The number of rotatable bonds is 6. The number of methoxy groups -OCH3 is 1. The van der Waals surface area contributed by atoms with Crippen molar-refractivity contribution in [2.24, 2.45) is 11.1 Å². The predicted octanol–water partition coefficient (Wildman–Crippen LogP) is 3.18. The van der Waals surface area contributed by atoms with Crippen LogP contribution < -0.4 is 5.73 Å². The first-order valence-corrected chi connectivity index (χ1v) is 10.0. The molecule has 0 amide bonds. The molecule has 2 aromatic carbocycles. The van der Waals surface area contributed by atoms with Gasteiger partial charge in [-0.15, -0.1) is 0 Å². The molecular formula is C19H22ClNO3S. The summed E-state index contributed by atoms with van der Waals surface area (Å²) >= 11 is 6.11. The molecule has 0 radical (unpaired) electrons. The predicted molar refractivity (Wildman–Crippen MR) is 99.7 cm³/mol. The molecule has 0 aliphatic heterocycles. The van der Waals surface area contributed by atoms with Gasteiger partial charge >= 0.3 is 0 Å². The molecule has 6 heteroatoms. The Balaban J connectivity index is 2.07. The van der Waals surface area contributed by atoms with Crippen LogP contribution in [0.25, 0.3) is 0 Å². The number of hydrogen-bond acceptors (Lipinski definition) is 4. The largest absolute Gasteiger partial charge is 0.384 e. The van der Waals surface area contributed by atoms with E-state index in [-0.39, 0.29) is 19.1 Å². The van der Waals surface area contributed by atoms with Crippen LogP contribution in [-0.2, 0) is 14.6 Å². The van der Waals surface area contributed by atoms with Gasteiger partial charge in [-0.25, -0.2) is 8.42 Å². The summed E-state index contributed by atoms with van der Waals surface area (Å²) in [5.41, 5.74) is 7.30. The van der Waals surface area contributed by atoms with E-state index in [1.165, 1.54) is 0 Å². The van der Waals surface area contributed by atoms with Crippen LogP contribution in [0.4, 0.5) is 0 Å². The van der Waals surface area contributed by atoms with Gasteiger partial charge in [-0.1, -0.05) is 41.4 Å². The minimum absolute atomic E-state index is 0.230. The van der Waals surface area contributed by atoms with Crippen molar-refractivity contribution in [1.82, 2.24) is 0 Å². The van der Waals surface area contributed by atoms with E-state index in [0.717, 1.165) is 11.1 Å². The lowest BCUT2D eigenvalue weighted by Gasteiger charge is -2.15. The summed E-state index contributed by atoms with van der Waals surface area (Å²) in [5, 5.41) is -0.0367. The molecule has 0 spiro atoms. The number of sulfone groups is 1. The van der Waals surface area contributed by atoms with Gasteiger partial charge in [0, 0.05) is 30.0 Å². The van der Waals surface area contributed by atoms with Crippen LogP contribution in [0.2, 0.25) is 5.02 Å². The monoisotopic (exact) mass is 379 g/mol. The van der Waals surface area contributed by atoms with Gasteiger partial charge in [-0.05, 0) is 36.8 Å². The quantitative estimate of drug-likeness (QED) is 0.836. The van der Waals surface area contributed by atoms with E-state index < -0.39 is 20.5 Å². The molecule has 2 N–H and O–H groups in total. The summed E-state index contributed by atoms with van der Waals surface area (Å²) in [6.07, 6.45) is 0. The molecule has 3 rings (SSSR count). The second kappa shape index (κ2) is 6.72. The minimum atomic E-state index is -3.54. The SMILES string of the molecule is COC[C@]1(CN)[C@H](c2cccc(Cl)c2)[C@@H]1S(=O)(=O)c1ccc(C)cc1. The molecule has 134 valence electrons. The fraction of sp³-hybridized carbons (Fsp3) is 0.368. The molecule has 1 aliphatic carbocycles. The highest BCUT2D eigenvalue weighted by Gasteiger charge is 2.70. The maximum atomic E-state index is 13.3. The Morgan fingerprint density at radius 2 is 1.88 bits per heavy atom. The van der Waals surface area contributed by atoms with Gasteiger partial charge in [0.1, 0.15) is 0 Å². The molecule has 1 aliphatic rings. The molecule has 0 saturated heterocycles. The van der Waals surface area contributed by atoms with Crippen LogP contribution in [-0.4, -0.2) is 33.9 Å². The van der Waals surface area contributed by atoms with Crippen molar-refractivity contribution in [3.8, 4) is 0 Å². The molecule has 0 aromatic heterocycles. The van der Waals surface area contributed by atoms with Crippen molar-refractivity contribution in [1.29, 1.82) is 0 Å². The Bertz CT molecular complexity index is 866. The lowest BCUT2D eigenvalue weighted by molar-refractivity contribution is 0.142. The van der Waals surface area contributed by atoms with Crippen molar-refractivity contribution in [2.75, 3.05) is 20.3 Å². The zero-order valence-electron chi connectivity index (χ0n) is 14.3. The highest BCUT2D eigenvalue weighted by atomic mass is 35.5. The summed E-state index contributed by atoms with van der Waals surface area (Å²) in [7, 11) is -1.97. The Hall–Kier alpha value is -1.40. The number of hydrogen-bond donors (Lipinski definition) is 1. The third-order valence-corrected chi connectivity index (χ3v) is 7.64. The number of halogens is 1. The molecule has 2 aromatic rings. The van der Waals surface area contributed by atoms with Crippen LogP contribution in [0, 0.1) is 12.3 Å². The summed E-state index contributed by atoms with van der Waals surface area (Å²) in [5.74, 6) is -0.234. The maximum Gasteiger partial charge on any atom is 0.182 e. The van der Waals surface area contributed by atoms with Gasteiger partial charge in [0.25, 0.3) is 0 Å². The van der Waals surface area contributed by atoms with Crippen LogP contribution in [0.1, 0.15) is 17.0 Å². The van der Waals surface area contributed by atoms with Crippen molar-refractivity contribution in [3.05, 3.63) is 64.7 Å². The Labute approximate surface area is 153 Å². The molecular weight excluding hydrogens is 358 g/mol. The Kier molecular flexibility index (Phi) is 4.95. The molecule has 0 unspecified atom stereocenters. The molecule has 3 atom stereocenters. The van der Waals surface area contributed by atoms with Crippen molar-refractivity contribution in [3.63, 3.8) is 0 Å². The second-order valence-corrected chi connectivity index (χ2v) is 9.19. The molecule has 0 heterocycles. The number of aryl methyl sites for hydroxylation is 1. The summed E-state index contributed by atoms with van der Waals surface area (Å²) < 4.78 is 31.9. The maximum absolute atomic E-state index is 13.3. The van der Waals surface area contributed by atoms with Crippen LogP contribution >= 0.6 is 11.6 Å². The van der Waals surface area contributed by atoms with Crippen molar-refractivity contribution < 1.29 is 13.2 Å². The molecule has 1 fully saturated rings. The third kappa shape index (κ3) is 3.10. The Morgan fingerprint density at radius 1 is 1.20 bits per heavy atom. The molecule has 0 bridgehead atoms. The summed E-state index contributed by atoms with van der Waals surface area (Å²) in [4.78, 5) is 0.321. The normalized spacial score (nSPS) is 25.8. The van der Waals surface area contributed by atoms with Crippen molar-refractivity contribution in [2.45, 2.75) is 23.0 Å². The first-order valence-electron chi connectivity index (χ1n) is 8.12. The molecule has 1 saturated carbocycles. The zero-order valence-corrected chi connectivity index (χ0v) is 15.8. The van der Waals surface area contributed by atoms with Gasteiger partial charge in [0.15, 0.2) is 9.84 Å². The highest BCUT2D eigenvalue weighted by molar-refractivity contribution is 7.92. The number of benzene rings is 2. The van der Waals surface area contributed by atoms with Gasteiger partial charge in [0.2, 0.25) is 0 Å². The molecule has 4 nitrogen and oxygen atoms in total. The summed E-state index contributed by atoms with van der Waals surface area (Å²) in [6, 6.07) is 14.3. The fourth-order valence-electron chi connectivity index (χ4n) is 3.77. The fourth-order valence-corrected chi connectivity index (χ4v) is 6.41. The lowest BCUT2D eigenvalue weighted by Crippen LogP contribution is -2.28. The third-order valence-electron chi connectivity index (χ3n) is 5.06. The number of nitrogens with two attached hydrogens (primary N) is 1. The average Bonchev–Trinajstić information content (AvgIpc) is 3.26. The standard InChI is InChI=1S/C19H22ClNO3S/c1-13-6-8-16(9-7-13)25(22,23)18-17(19(18,11-21)12-24-2)14-4-3-5-15(20)10-14/h3-10,17-18H,11-12,21H2,1-2H3/t17-,18+,19-/m1/s1. The summed E-state index contributed by atoms with van der Waals surface area (Å²) in [6.45, 7) is 2.45. The van der Waals surface area contributed by atoms with Crippen LogP contribution in [0.15, 0.2) is 53.4 Å². The van der Waals surface area contributed by atoms with E-state index in [1.807, 2.05) is 37.3 Å². The number of ether oxygens (including phenoxy) is 1. The molecule has 25 heavy (non-hydrogen) atoms. The van der Waals surface area contributed by atoms with E-state index in [4.69, 9.17) is 22.1 Å². The van der Waals surface area contributed by atoms with Gasteiger partial charge in [-0.3, -0.25) is 0 Å². The van der Waals surface area contributed by atoms with E-state index in [2.05, 4.69) is 0 Å². The van der Waals surface area contributed by atoms with Gasteiger partial charge in [0.05, 0.1) is 16.8 Å². The Morgan fingerprint density at radius 3 is 2.44 bits per heavy atom. The lowest BCUT2D eigenvalue weighted by atomic mass is 10.00.